The molecular formula is C21H18N6O6S3. The molecule has 4 rings (SSSR count). The number of aliphatic carboxylic acids is 1. The quantitative estimate of drug-likeness (QED) is 0.131. The number of anilines is 1. The number of fused-ring (bicyclic) bond motifs is 1. The van der Waals surface area contributed by atoms with E-state index in [2.05, 4.69) is 25.8 Å². The highest BCUT2D eigenvalue weighted by molar-refractivity contribution is 8.02. The van der Waals surface area contributed by atoms with Crippen molar-refractivity contribution >= 4 is 69.9 Å². The number of nitrogens with one attached hydrogen (secondary N) is 2. The van der Waals surface area contributed by atoms with Crippen LogP contribution in [-0.2, 0) is 24.0 Å². The second-order valence-electron chi connectivity index (χ2n) is 7.07. The van der Waals surface area contributed by atoms with E-state index >= 15 is 0 Å². The highest BCUT2D eigenvalue weighted by atomic mass is 32.2. The van der Waals surface area contributed by atoms with Crippen molar-refractivity contribution in [3.63, 3.8) is 0 Å². The van der Waals surface area contributed by atoms with Crippen molar-refractivity contribution in [1.29, 1.82) is 0 Å². The molecule has 12 nitrogen and oxygen atoms in total. The van der Waals surface area contributed by atoms with Crippen LogP contribution in [0.1, 0.15) is 5.69 Å². The van der Waals surface area contributed by atoms with Crippen molar-refractivity contribution in [2.45, 2.75) is 16.3 Å². The van der Waals surface area contributed by atoms with Crippen LogP contribution in [-0.4, -0.2) is 74.2 Å². The second kappa shape index (κ2) is 11.4. The molecule has 0 radical (unpaired) electrons. The number of rotatable bonds is 10. The van der Waals surface area contributed by atoms with Gasteiger partial charge in [-0.3, -0.25) is 24.3 Å². The minimum absolute atomic E-state index is 0.118. The van der Waals surface area contributed by atoms with Gasteiger partial charge in [-0.2, -0.15) is 0 Å². The van der Waals surface area contributed by atoms with Gasteiger partial charge in [0.15, 0.2) is 10.8 Å². The van der Waals surface area contributed by atoms with Crippen LogP contribution in [0.25, 0.3) is 0 Å². The molecule has 0 spiro atoms. The zero-order chi connectivity index (χ0) is 25.7. The fourth-order valence-electron chi connectivity index (χ4n) is 3.39. The lowest BCUT2D eigenvalue weighted by Crippen LogP contribution is -2.71. The molecule has 1 unspecified atom stereocenters. The Labute approximate surface area is 216 Å². The fourth-order valence-corrected chi connectivity index (χ4v) is 6.03. The molecule has 0 aromatic carbocycles. The number of pyridine rings is 1. The SMILES string of the molecule is CO/N=C(/C(=O)NC1C(=O)N2C(C(=O)O)=C(/C=C/Sc3cccnc3)CS[C@H]12)c1csc(NC=O)n1. The number of carbonyl (C=O) groups excluding carboxylic acids is 3. The van der Waals surface area contributed by atoms with Crippen LogP contribution in [0.4, 0.5) is 5.13 Å². The van der Waals surface area contributed by atoms with Gasteiger partial charge in [0.2, 0.25) is 6.41 Å². The molecule has 2 aromatic heterocycles. The molecule has 3 N–H and O–H groups in total. The number of hydrogen-bond acceptors (Lipinski definition) is 11. The van der Waals surface area contributed by atoms with Gasteiger partial charge in [0.1, 0.15) is 29.9 Å². The van der Waals surface area contributed by atoms with Crippen LogP contribution in [0.2, 0.25) is 0 Å². The van der Waals surface area contributed by atoms with Crippen LogP contribution in [0.15, 0.2) is 62.7 Å². The van der Waals surface area contributed by atoms with Gasteiger partial charge < -0.3 is 20.6 Å². The van der Waals surface area contributed by atoms with Gasteiger partial charge in [-0.25, -0.2) is 9.78 Å². The Morgan fingerprint density at radius 1 is 1.42 bits per heavy atom. The topological polar surface area (TPSA) is 163 Å². The van der Waals surface area contributed by atoms with Crippen LogP contribution in [0.3, 0.4) is 0 Å². The first kappa shape index (κ1) is 25.4. The van der Waals surface area contributed by atoms with Crippen LogP contribution in [0.5, 0.6) is 0 Å². The Bertz CT molecular complexity index is 1280. The minimum Gasteiger partial charge on any atom is -0.477 e. The van der Waals surface area contributed by atoms with E-state index < -0.39 is 29.2 Å². The fraction of sp³-hybridized carbons (Fsp3) is 0.190. The summed E-state index contributed by atoms with van der Waals surface area (Å²) in [6, 6.07) is 2.71. The first-order valence-corrected chi connectivity index (χ1v) is 13.0. The summed E-state index contributed by atoms with van der Waals surface area (Å²) in [4.78, 5) is 63.4. The molecule has 1 fully saturated rings. The number of thiazole rings is 1. The van der Waals surface area contributed by atoms with Gasteiger partial charge >= 0.3 is 5.97 Å². The Hall–Kier alpha value is -3.69. The predicted octanol–water partition coefficient (Wildman–Crippen LogP) is 1.50. The van der Waals surface area contributed by atoms with Crippen molar-refractivity contribution in [1.82, 2.24) is 20.2 Å². The van der Waals surface area contributed by atoms with E-state index in [0.29, 0.717) is 17.7 Å². The summed E-state index contributed by atoms with van der Waals surface area (Å²) in [7, 11) is 1.25. The number of carboxylic acid groups (broad SMARTS) is 1. The van der Waals surface area contributed by atoms with Gasteiger partial charge in [-0.05, 0) is 29.2 Å². The summed E-state index contributed by atoms with van der Waals surface area (Å²) in [5, 5.41) is 21.4. The predicted molar refractivity (Wildman–Crippen MR) is 134 cm³/mol. The zero-order valence-electron chi connectivity index (χ0n) is 18.5. The normalized spacial score (nSPS) is 19.5. The highest BCUT2D eigenvalue weighted by Gasteiger charge is 2.54. The van der Waals surface area contributed by atoms with E-state index in [1.807, 2.05) is 6.07 Å². The average Bonchev–Trinajstić information content (AvgIpc) is 3.34. The molecule has 36 heavy (non-hydrogen) atoms. The number of hydrogen-bond donors (Lipinski definition) is 3. The number of aromatic nitrogens is 2. The van der Waals surface area contributed by atoms with Gasteiger partial charge in [-0.1, -0.05) is 16.9 Å². The molecule has 0 bridgehead atoms. The monoisotopic (exact) mass is 546 g/mol. The number of nitrogens with zero attached hydrogens (tertiary/aromatic N) is 4. The summed E-state index contributed by atoms with van der Waals surface area (Å²) in [6.07, 6.45) is 5.46. The second-order valence-corrected chi connectivity index (χ2v) is 10.0. The largest absolute Gasteiger partial charge is 0.477 e. The van der Waals surface area contributed by atoms with Gasteiger partial charge in [0.05, 0.1) is 0 Å². The molecular weight excluding hydrogens is 528 g/mol. The maximum Gasteiger partial charge on any atom is 0.352 e. The summed E-state index contributed by atoms with van der Waals surface area (Å²) >= 11 is 3.79. The number of oxime groups is 1. The first-order chi connectivity index (χ1) is 17.4. The molecule has 2 aliphatic heterocycles. The Kier molecular flexibility index (Phi) is 8.02. The van der Waals surface area contributed by atoms with Crippen LogP contribution < -0.4 is 10.6 Å². The number of β-lactam (4-membered cyclic amide) rings is 1. The molecule has 15 heteroatoms. The molecule has 186 valence electrons. The van der Waals surface area contributed by atoms with Gasteiger partial charge in [-0.15, -0.1) is 23.1 Å². The summed E-state index contributed by atoms with van der Waals surface area (Å²) < 4.78 is 0. The smallest absolute Gasteiger partial charge is 0.352 e. The first-order valence-electron chi connectivity index (χ1n) is 10.2. The number of allylic oxidation sites excluding steroid dienone is 1. The van der Waals surface area contributed by atoms with E-state index in [0.717, 1.165) is 16.2 Å². The van der Waals surface area contributed by atoms with E-state index in [1.165, 1.54) is 40.9 Å². The lowest BCUT2D eigenvalue weighted by Gasteiger charge is -2.49. The third-order valence-corrected chi connectivity index (χ3v) is 7.78. The third kappa shape index (κ3) is 5.27. The van der Waals surface area contributed by atoms with Crippen molar-refractivity contribution in [2.24, 2.45) is 5.16 Å². The molecule has 2 aromatic rings. The molecule has 4 heterocycles. The van der Waals surface area contributed by atoms with Crippen molar-refractivity contribution in [3.05, 3.63) is 58.4 Å². The zero-order valence-corrected chi connectivity index (χ0v) is 20.9. The number of amides is 3. The summed E-state index contributed by atoms with van der Waals surface area (Å²) in [5.41, 5.74) is 0.322. The number of carboxylic acids is 1. The van der Waals surface area contributed by atoms with Crippen LogP contribution >= 0.6 is 34.9 Å². The Balaban J connectivity index is 1.48. The number of carbonyl (C=O) groups is 4. The van der Waals surface area contributed by atoms with Crippen molar-refractivity contribution in [3.8, 4) is 0 Å². The minimum atomic E-state index is -1.23. The van der Waals surface area contributed by atoms with E-state index in [1.54, 1.807) is 29.9 Å². The highest BCUT2D eigenvalue weighted by Crippen LogP contribution is 2.41. The number of thioether (sulfide) groups is 2. The van der Waals surface area contributed by atoms with Gasteiger partial charge in [0, 0.05) is 28.4 Å². The molecule has 1 saturated heterocycles. The maximum atomic E-state index is 12.9. The van der Waals surface area contributed by atoms with E-state index in [4.69, 9.17) is 4.84 Å². The molecule has 2 atom stereocenters. The van der Waals surface area contributed by atoms with E-state index in [9.17, 15) is 24.3 Å². The van der Waals surface area contributed by atoms with Gasteiger partial charge in [0.25, 0.3) is 11.8 Å². The summed E-state index contributed by atoms with van der Waals surface area (Å²) in [6.45, 7) is 0. The lowest BCUT2D eigenvalue weighted by molar-refractivity contribution is -0.150. The Morgan fingerprint density at radius 2 is 2.25 bits per heavy atom. The standard InChI is InChI=1S/C21H18N6O6S3/c1-33-26-14(13-9-36-21(24-13)23-10-28)17(29)25-15-18(30)27-16(20(31)32)11(8-35-19(15)27)4-6-34-12-3-2-5-22-7-12/h2-7,9-10,15,19H,8H2,1H3,(H,25,29)(H,31,32)(H,23,24,28)/b6-4+,26-14+/t15?,19-/m1/s1. The maximum absolute atomic E-state index is 12.9. The van der Waals surface area contributed by atoms with Crippen molar-refractivity contribution in [2.75, 3.05) is 18.2 Å². The Morgan fingerprint density at radius 3 is 2.94 bits per heavy atom. The third-order valence-electron chi connectivity index (χ3n) is 4.92. The molecule has 2 aliphatic rings. The summed E-state index contributed by atoms with van der Waals surface area (Å²) in [5.74, 6) is -2.18. The van der Waals surface area contributed by atoms with Crippen LogP contribution in [0, 0.1) is 0 Å². The lowest BCUT2D eigenvalue weighted by atomic mass is 10.0. The van der Waals surface area contributed by atoms with E-state index in [-0.39, 0.29) is 22.2 Å². The average molecular weight is 547 g/mol. The molecule has 0 saturated carbocycles. The molecule has 3 amide bonds. The van der Waals surface area contributed by atoms with Crippen molar-refractivity contribution < 1.29 is 29.1 Å². The molecule has 0 aliphatic carbocycles.